The van der Waals surface area contributed by atoms with Crippen molar-refractivity contribution in [3.63, 3.8) is 0 Å². The van der Waals surface area contributed by atoms with Crippen LogP contribution in [0, 0.1) is 0 Å². The van der Waals surface area contributed by atoms with Crippen molar-refractivity contribution in [2.24, 2.45) is 0 Å². The molecule has 0 aromatic carbocycles. The highest BCUT2D eigenvalue weighted by Gasteiger charge is 2.29. The number of nitrogens with one attached hydrogen (secondary N) is 1. The minimum absolute atomic E-state index is 0.0601. The number of hydrogen-bond acceptors (Lipinski definition) is 3. The Morgan fingerprint density at radius 1 is 1.31 bits per heavy atom. The molecule has 0 atom stereocenters. The van der Waals surface area contributed by atoms with Gasteiger partial charge in [-0.1, -0.05) is 26.2 Å². The molecule has 0 unspecified atom stereocenters. The van der Waals surface area contributed by atoms with Crippen molar-refractivity contribution in [3.05, 3.63) is 0 Å². The normalized spacial score (nSPS) is 19.2. The fourth-order valence-corrected chi connectivity index (χ4v) is 3.69. The van der Waals surface area contributed by atoms with Gasteiger partial charge in [0.05, 0.1) is 6.61 Å². The highest BCUT2D eigenvalue weighted by Crippen LogP contribution is 2.23. The van der Waals surface area contributed by atoms with Gasteiger partial charge in [-0.2, -0.15) is 12.7 Å². The Bertz CT molecular complexity index is 286. The van der Waals surface area contributed by atoms with Gasteiger partial charge in [0.1, 0.15) is 0 Å². The lowest BCUT2D eigenvalue weighted by molar-refractivity contribution is 0.198. The third-order valence-electron chi connectivity index (χ3n) is 2.94. The van der Waals surface area contributed by atoms with E-state index in [1.54, 1.807) is 6.92 Å². The summed E-state index contributed by atoms with van der Waals surface area (Å²) >= 11 is 0. The first-order valence-electron chi connectivity index (χ1n) is 5.99. The molecule has 1 aliphatic carbocycles. The van der Waals surface area contributed by atoms with Crippen LogP contribution >= 0.6 is 0 Å². The van der Waals surface area contributed by atoms with Gasteiger partial charge in [0.25, 0.3) is 10.2 Å². The van der Waals surface area contributed by atoms with Crippen LogP contribution in [0.2, 0.25) is 0 Å². The van der Waals surface area contributed by atoms with E-state index in [0.717, 1.165) is 25.7 Å². The monoisotopic (exact) mass is 250 g/mol. The van der Waals surface area contributed by atoms with E-state index in [4.69, 9.17) is 5.11 Å². The van der Waals surface area contributed by atoms with Gasteiger partial charge in [0, 0.05) is 19.1 Å². The lowest BCUT2D eigenvalue weighted by Gasteiger charge is -2.32. The van der Waals surface area contributed by atoms with Gasteiger partial charge in [-0.3, -0.25) is 0 Å². The van der Waals surface area contributed by atoms with Crippen LogP contribution in [0.3, 0.4) is 0 Å². The average molecular weight is 250 g/mol. The third kappa shape index (κ3) is 3.69. The molecule has 0 bridgehead atoms. The summed E-state index contributed by atoms with van der Waals surface area (Å²) in [5.74, 6) is 0. The third-order valence-corrected chi connectivity index (χ3v) is 4.69. The van der Waals surface area contributed by atoms with Crippen LogP contribution in [-0.4, -0.2) is 43.6 Å². The van der Waals surface area contributed by atoms with Gasteiger partial charge in [0.2, 0.25) is 0 Å². The van der Waals surface area contributed by atoms with Gasteiger partial charge in [0.15, 0.2) is 0 Å². The van der Waals surface area contributed by atoms with E-state index < -0.39 is 10.2 Å². The largest absolute Gasteiger partial charge is 0.395 e. The molecule has 96 valence electrons. The molecular formula is C10H22N2O3S. The summed E-state index contributed by atoms with van der Waals surface area (Å²) < 4.78 is 27.8. The van der Waals surface area contributed by atoms with Crippen LogP contribution in [0.4, 0.5) is 0 Å². The van der Waals surface area contributed by atoms with E-state index in [0.29, 0.717) is 6.54 Å². The van der Waals surface area contributed by atoms with Gasteiger partial charge >= 0.3 is 0 Å². The fraction of sp³-hybridized carbons (Fsp3) is 1.00. The fourth-order valence-electron chi connectivity index (χ4n) is 2.23. The molecule has 0 spiro atoms. The summed E-state index contributed by atoms with van der Waals surface area (Å²) in [7, 11) is -3.41. The summed E-state index contributed by atoms with van der Waals surface area (Å²) in [6.45, 7) is 2.22. The molecule has 1 rings (SSSR count). The predicted molar refractivity (Wildman–Crippen MR) is 63.3 cm³/mol. The van der Waals surface area contributed by atoms with Crippen LogP contribution in [0.15, 0.2) is 0 Å². The lowest BCUT2D eigenvalue weighted by Crippen LogP contribution is -2.48. The van der Waals surface area contributed by atoms with Crippen molar-refractivity contribution in [2.45, 2.75) is 45.1 Å². The zero-order valence-corrected chi connectivity index (χ0v) is 10.7. The van der Waals surface area contributed by atoms with Gasteiger partial charge in [-0.15, -0.1) is 0 Å². The highest BCUT2D eigenvalue weighted by atomic mass is 32.2. The van der Waals surface area contributed by atoms with Crippen LogP contribution in [0.25, 0.3) is 0 Å². The van der Waals surface area contributed by atoms with Crippen LogP contribution in [0.5, 0.6) is 0 Å². The summed E-state index contributed by atoms with van der Waals surface area (Å²) in [4.78, 5) is 0. The topological polar surface area (TPSA) is 69.6 Å². The minimum Gasteiger partial charge on any atom is -0.395 e. The summed E-state index contributed by atoms with van der Waals surface area (Å²) in [5, 5.41) is 8.96. The predicted octanol–water partition coefficient (Wildman–Crippen LogP) is 0.468. The SMILES string of the molecule is CCNS(=O)(=O)N(CCO)C1CCCCC1. The number of rotatable bonds is 6. The molecule has 0 aromatic heterocycles. The van der Waals surface area contributed by atoms with Gasteiger partial charge < -0.3 is 5.11 Å². The smallest absolute Gasteiger partial charge is 0.279 e. The number of nitrogens with zero attached hydrogens (tertiary/aromatic N) is 1. The lowest BCUT2D eigenvalue weighted by atomic mass is 9.95. The first kappa shape index (κ1) is 13.9. The molecule has 2 N–H and O–H groups in total. The molecule has 0 aliphatic heterocycles. The summed E-state index contributed by atoms with van der Waals surface area (Å²) in [6, 6.07) is 0.0601. The van der Waals surface area contributed by atoms with E-state index in [1.807, 2.05) is 0 Å². The second-order valence-electron chi connectivity index (χ2n) is 4.13. The average Bonchev–Trinajstić information content (AvgIpc) is 2.27. The summed E-state index contributed by atoms with van der Waals surface area (Å²) in [6.07, 6.45) is 5.16. The Hall–Kier alpha value is -0.170. The van der Waals surface area contributed by atoms with E-state index in [9.17, 15) is 8.42 Å². The quantitative estimate of drug-likeness (QED) is 0.720. The Balaban J connectivity index is 2.72. The van der Waals surface area contributed by atoms with E-state index >= 15 is 0 Å². The molecular weight excluding hydrogens is 228 g/mol. The zero-order chi connectivity index (χ0) is 12.0. The van der Waals surface area contributed by atoms with Gasteiger partial charge in [-0.25, -0.2) is 4.72 Å². The molecule has 1 aliphatic rings. The molecule has 0 heterocycles. The highest BCUT2D eigenvalue weighted by molar-refractivity contribution is 7.87. The van der Waals surface area contributed by atoms with Crippen LogP contribution < -0.4 is 4.72 Å². The standard InChI is InChI=1S/C10H22N2O3S/c1-2-11-16(14,15)12(8-9-13)10-6-4-3-5-7-10/h10-11,13H,2-9H2,1H3. The molecule has 1 fully saturated rings. The molecule has 16 heavy (non-hydrogen) atoms. The second-order valence-corrected chi connectivity index (χ2v) is 5.84. The van der Waals surface area contributed by atoms with E-state index in [1.165, 1.54) is 10.7 Å². The van der Waals surface area contributed by atoms with Gasteiger partial charge in [-0.05, 0) is 12.8 Å². The molecule has 1 saturated carbocycles. The summed E-state index contributed by atoms with van der Waals surface area (Å²) in [5.41, 5.74) is 0. The second kappa shape index (κ2) is 6.54. The van der Waals surface area contributed by atoms with Crippen molar-refractivity contribution >= 4 is 10.2 Å². The number of hydrogen-bond donors (Lipinski definition) is 2. The maximum Gasteiger partial charge on any atom is 0.279 e. The Labute approximate surface area is 98.0 Å². The van der Waals surface area contributed by atoms with Crippen molar-refractivity contribution < 1.29 is 13.5 Å². The molecule has 6 heteroatoms. The maximum atomic E-state index is 11.9. The molecule has 0 aromatic rings. The zero-order valence-electron chi connectivity index (χ0n) is 9.85. The van der Waals surface area contributed by atoms with Crippen molar-refractivity contribution in [1.29, 1.82) is 0 Å². The number of aliphatic hydroxyl groups excluding tert-OH is 1. The molecule has 5 nitrogen and oxygen atoms in total. The molecule has 0 radical (unpaired) electrons. The van der Waals surface area contributed by atoms with Crippen molar-refractivity contribution in [3.8, 4) is 0 Å². The Kier molecular flexibility index (Phi) is 5.68. The first-order chi connectivity index (χ1) is 7.61. The van der Waals surface area contributed by atoms with Crippen LogP contribution in [0.1, 0.15) is 39.0 Å². The Morgan fingerprint density at radius 3 is 2.44 bits per heavy atom. The van der Waals surface area contributed by atoms with E-state index in [-0.39, 0.29) is 19.2 Å². The van der Waals surface area contributed by atoms with E-state index in [2.05, 4.69) is 4.72 Å². The minimum atomic E-state index is -3.41. The van der Waals surface area contributed by atoms with Crippen molar-refractivity contribution in [2.75, 3.05) is 19.7 Å². The first-order valence-corrected chi connectivity index (χ1v) is 7.43. The molecule has 0 amide bonds. The molecule has 0 saturated heterocycles. The Morgan fingerprint density at radius 2 is 1.94 bits per heavy atom. The van der Waals surface area contributed by atoms with Crippen molar-refractivity contribution in [1.82, 2.24) is 9.03 Å². The van der Waals surface area contributed by atoms with Crippen LogP contribution in [-0.2, 0) is 10.2 Å². The maximum absolute atomic E-state index is 11.9. The number of aliphatic hydroxyl groups is 1.